The summed E-state index contributed by atoms with van der Waals surface area (Å²) in [6, 6.07) is 24.4. The average molecular weight is 430 g/mol. The molecule has 0 aliphatic rings. The molecular formula is C26H27N3O3. The summed E-state index contributed by atoms with van der Waals surface area (Å²) < 4.78 is 5.47. The summed E-state index contributed by atoms with van der Waals surface area (Å²) in [5.41, 5.74) is 3.29. The van der Waals surface area contributed by atoms with Crippen LogP contribution in [0.15, 0.2) is 91.5 Å². The molecule has 0 atom stereocenters. The Balaban J connectivity index is 1.41. The quantitative estimate of drug-likeness (QED) is 0.380. The zero-order valence-corrected chi connectivity index (χ0v) is 17.8. The van der Waals surface area contributed by atoms with Crippen molar-refractivity contribution in [2.75, 3.05) is 29.1 Å². The number of amides is 2. The molecule has 3 aromatic rings. The number of ether oxygens (including phenoxy) is 1. The molecule has 3 N–H and O–H groups in total. The van der Waals surface area contributed by atoms with Gasteiger partial charge in [0.2, 0.25) is 11.8 Å². The highest BCUT2D eigenvalue weighted by atomic mass is 16.5. The molecule has 0 aliphatic heterocycles. The minimum absolute atomic E-state index is 0.0340. The van der Waals surface area contributed by atoms with Crippen molar-refractivity contribution in [2.24, 2.45) is 0 Å². The summed E-state index contributed by atoms with van der Waals surface area (Å²) in [6.07, 6.45) is 2.78. The van der Waals surface area contributed by atoms with E-state index in [1.807, 2.05) is 54.6 Å². The van der Waals surface area contributed by atoms with Crippen LogP contribution >= 0.6 is 0 Å². The third kappa shape index (κ3) is 7.65. The van der Waals surface area contributed by atoms with Gasteiger partial charge in [-0.3, -0.25) is 9.59 Å². The molecule has 0 saturated heterocycles. The first-order valence-electron chi connectivity index (χ1n) is 10.4. The van der Waals surface area contributed by atoms with E-state index in [0.29, 0.717) is 30.9 Å². The molecule has 3 aromatic carbocycles. The van der Waals surface area contributed by atoms with Gasteiger partial charge in [-0.25, -0.2) is 0 Å². The Bertz CT molecular complexity index is 1030. The smallest absolute Gasteiger partial charge is 0.243 e. The molecule has 0 saturated carbocycles. The predicted molar refractivity (Wildman–Crippen MR) is 129 cm³/mol. The zero-order chi connectivity index (χ0) is 22.6. The normalized spacial score (nSPS) is 10.1. The lowest BCUT2D eigenvalue weighted by Crippen LogP contribution is -2.21. The van der Waals surface area contributed by atoms with E-state index in [-0.39, 0.29) is 18.4 Å². The van der Waals surface area contributed by atoms with Crippen LogP contribution in [-0.2, 0) is 16.0 Å². The van der Waals surface area contributed by atoms with E-state index in [0.717, 1.165) is 16.9 Å². The first-order chi connectivity index (χ1) is 15.6. The summed E-state index contributed by atoms with van der Waals surface area (Å²) in [7, 11) is 0. The van der Waals surface area contributed by atoms with E-state index >= 15 is 0 Å². The molecule has 164 valence electrons. The lowest BCUT2D eigenvalue weighted by atomic mass is 10.1. The average Bonchev–Trinajstić information content (AvgIpc) is 2.82. The van der Waals surface area contributed by atoms with Gasteiger partial charge in [-0.2, -0.15) is 0 Å². The van der Waals surface area contributed by atoms with Crippen LogP contribution in [0.25, 0.3) is 0 Å². The lowest BCUT2D eigenvalue weighted by Gasteiger charge is -2.10. The maximum Gasteiger partial charge on any atom is 0.243 e. The fraction of sp³-hybridized carbons (Fsp3) is 0.154. The third-order valence-electron chi connectivity index (χ3n) is 4.59. The third-order valence-corrected chi connectivity index (χ3v) is 4.59. The first-order valence-corrected chi connectivity index (χ1v) is 10.4. The molecule has 0 fully saturated rings. The Labute approximate surface area is 188 Å². The zero-order valence-electron chi connectivity index (χ0n) is 17.8. The maximum atomic E-state index is 12.2. The van der Waals surface area contributed by atoms with Gasteiger partial charge in [0.05, 0.1) is 6.54 Å². The fourth-order valence-corrected chi connectivity index (χ4v) is 3.00. The number of nitrogens with one attached hydrogen (secondary N) is 3. The van der Waals surface area contributed by atoms with Gasteiger partial charge >= 0.3 is 0 Å². The summed E-state index contributed by atoms with van der Waals surface area (Å²) >= 11 is 0. The van der Waals surface area contributed by atoms with Crippen LogP contribution in [0.5, 0.6) is 5.75 Å². The minimum atomic E-state index is -0.177. The second-order valence-corrected chi connectivity index (χ2v) is 7.14. The summed E-state index contributed by atoms with van der Waals surface area (Å²) in [5.74, 6) is 0.453. The van der Waals surface area contributed by atoms with Crippen LogP contribution < -0.4 is 20.7 Å². The van der Waals surface area contributed by atoms with Crippen LogP contribution in [0.4, 0.5) is 17.1 Å². The molecule has 0 radical (unpaired) electrons. The van der Waals surface area contributed by atoms with E-state index in [9.17, 15) is 9.59 Å². The molecule has 3 rings (SSSR count). The van der Waals surface area contributed by atoms with Gasteiger partial charge in [-0.15, -0.1) is 0 Å². The van der Waals surface area contributed by atoms with Gasteiger partial charge in [-0.1, -0.05) is 49.1 Å². The van der Waals surface area contributed by atoms with E-state index in [2.05, 4.69) is 22.5 Å². The molecule has 0 heterocycles. The molecule has 2 amide bonds. The molecular weight excluding hydrogens is 402 g/mol. The largest absolute Gasteiger partial charge is 0.489 e. The van der Waals surface area contributed by atoms with E-state index in [4.69, 9.17) is 4.74 Å². The summed E-state index contributed by atoms with van der Waals surface area (Å²) in [6.45, 7) is 4.13. The van der Waals surface area contributed by atoms with Gasteiger partial charge in [0.25, 0.3) is 0 Å². The maximum absolute atomic E-state index is 12.2. The van der Waals surface area contributed by atoms with Crippen molar-refractivity contribution < 1.29 is 14.3 Å². The molecule has 0 spiro atoms. The van der Waals surface area contributed by atoms with Crippen LogP contribution in [0.3, 0.4) is 0 Å². The Morgan fingerprint density at radius 1 is 0.812 bits per heavy atom. The predicted octanol–water partition coefficient (Wildman–Crippen LogP) is 4.87. The van der Waals surface area contributed by atoms with Crippen LogP contribution in [0.1, 0.15) is 12.0 Å². The van der Waals surface area contributed by atoms with Crippen molar-refractivity contribution in [1.82, 2.24) is 0 Å². The molecule has 0 bridgehead atoms. The highest BCUT2D eigenvalue weighted by Gasteiger charge is 2.06. The number of carbonyl (C=O) groups excluding carboxylic acids is 2. The van der Waals surface area contributed by atoms with Gasteiger partial charge in [-0.05, 0) is 48.4 Å². The number of anilines is 3. The highest BCUT2D eigenvalue weighted by Crippen LogP contribution is 2.18. The fourth-order valence-electron chi connectivity index (χ4n) is 3.00. The van der Waals surface area contributed by atoms with Crippen LogP contribution in [0.2, 0.25) is 0 Å². The second-order valence-electron chi connectivity index (χ2n) is 7.14. The number of benzene rings is 3. The minimum Gasteiger partial charge on any atom is -0.489 e. The van der Waals surface area contributed by atoms with E-state index in [1.54, 1.807) is 30.3 Å². The number of aryl methyl sites for hydroxylation is 1. The van der Waals surface area contributed by atoms with Gasteiger partial charge in [0.1, 0.15) is 12.4 Å². The number of rotatable bonds is 11. The van der Waals surface area contributed by atoms with Gasteiger partial charge in [0.15, 0.2) is 0 Å². The van der Waals surface area contributed by atoms with Gasteiger partial charge in [0, 0.05) is 29.5 Å². The standard InChI is InChI=1S/C26H27N3O3/c1-2-17-32-24-10-6-9-23(18-24)29-26(31)19-27-21-12-14-22(15-13-21)28-25(30)16-11-20-7-4-3-5-8-20/h2-10,12-15,18,27H,1,11,16-17,19H2,(H,28,30)(H,29,31). The van der Waals surface area contributed by atoms with Crippen molar-refractivity contribution >= 4 is 28.9 Å². The van der Waals surface area contributed by atoms with Crippen molar-refractivity contribution in [2.45, 2.75) is 12.8 Å². The van der Waals surface area contributed by atoms with Crippen molar-refractivity contribution in [3.63, 3.8) is 0 Å². The molecule has 0 unspecified atom stereocenters. The van der Waals surface area contributed by atoms with Crippen LogP contribution in [0, 0.1) is 0 Å². The van der Waals surface area contributed by atoms with Crippen LogP contribution in [-0.4, -0.2) is 25.0 Å². The Morgan fingerprint density at radius 2 is 1.53 bits per heavy atom. The van der Waals surface area contributed by atoms with Crippen molar-refractivity contribution in [1.29, 1.82) is 0 Å². The second kappa shape index (κ2) is 12.0. The Morgan fingerprint density at radius 3 is 2.28 bits per heavy atom. The van der Waals surface area contributed by atoms with Crippen molar-refractivity contribution in [3.05, 3.63) is 97.1 Å². The molecule has 32 heavy (non-hydrogen) atoms. The highest BCUT2D eigenvalue weighted by molar-refractivity contribution is 5.94. The SMILES string of the molecule is C=CCOc1cccc(NC(=O)CNc2ccc(NC(=O)CCc3ccccc3)cc2)c1. The van der Waals surface area contributed by atoms with Crippen molar-refractivity contribution in [3.8, 4) is 5.75 Å². The monoisotopic (exact) mass is 429 g/mol. The summed E-state index contributed by atoms with van der Waals surface area (Å²) in [5, 5.41) is 8.79. The Kier molecular flexibility index (Phi) is 8.45. The molecule has 0 aromatic heterocycles. The van der Waals surface area contributed by atoms with E-state index in [1.165, 1.54) is 0 Å². The molecule has 6 nitrogen and oxygen atoms in total. The Hall–Kier alpha value is -4.06. The summed E-state index contributed by atoms with van der Waals surface area (Å²) in [4.78, 5) is 24.4. The first kappa shape index (κ1) is 22.6. The topological polar surface area (TPSA) is 79.5 Å². The number of carbonyl (C=O) groups is 2. The number of hydrogen-bond acceptors (Lipinski definition) is 4. The van der Waals surface area contributed by atoms with Gasteiger partial charge < -0.3 is 20.7 Å². The van der Waals surface area contributed by atoms with E-state index < -0.39 is 0 Å². The molecule has 0 aliphatic carbocycles. The lowest BCUT2D eigenvalue weighted by molar-refractivity contribution is -0.116. The molecule has 6 heteroatoms. The number of hydrogen-bond donors (Lipinski definition) is 3.